The van der Waals surface area contributed by atoms with Gasteiger partial charge in [-0.25, -0.2) is 21.6 Å². The highest BCUT2D eigenvalue weighted by Crippen LogP contribution is 2.41. The molecule has 0 bridgehead atoms. The van der Waals surface area contributed by atoms with E-state index in [1.54, 1.807) is 45.0 Å². The van der Waals surface area contributed by atoms with Crippen molar-refractivity contribution in [1.82, 2.24) is 4.72 Å². The normalized spacial score (nSPS) is 18.9. The zero-order valence-corrected chi connectivity index (χ0v) is 18.4. The average Bonchev–Trinajstić information content (AvgIpc) is 2.66. The molecule has 6 nitrogen and oxygen atoms in total. The van der Waals surface area contributed by atoms with Gasteiger partial charge in [0, 0.05) is 25.7 Å². The van der Waals surface area contributed by atoms with Crippen LogP contribution in [0.4, 0.5) is 0 Å². The standard InChI is InChI=1S/C21H25NO5S2/c1-13-14(2)21-18(12-16-6-4-5-7-19(16)28(21,23)24)15(3)20(13)29(25,26)22-17-8-10-27-11-9-17/h4-7,17,22H,8-12H2,1-3H3. The van der Waals surface area contributed by atoms with E-state index in [1.165, 1.54) is 0 Å². The summed E-state index contributed by atoms with van der Waals surface area (Å²) in [6, 6.07) is 6.76. The van der Waals surface area contributed by atoms with Gasteiger partial charge in [-0.15, -0.1) is 0 Å². The van der Waals surface area contributed by atoms with Gasteiger partial charge in [-0.3, -0.25) is 0 Å². The number of nitrogens with one attached hydrogen (secondary N) is 1. The highest BCUT2D eigenvalue weighted by molar-refractivity contribution is 7.91. The van der Waals surface area contributed by atoms with Gasteiger partial charge in [-0.05, 0) is 67.5 Å². The summed E-state index contributed by atoms with van der Waals surface area (Å²) in [7, 11) is -7.49. The molecule has 0 amide bonds. The first-order valence-electron chi connectivity index (χ1n) is 9.70. The lowest BCUT2D eigenvalue weighted by molar-refractivity contribution is 0.0832. The molecule has 2 aliphatic rings. The predicted octanol–water partition coefficient (Wildman–Crippen LogP) is 2.81. The van der Waals surface area contributed by atoms with Gasteiger partial charge in [0.1, 0.15) is 0 Å². The van der Waals surface area contributed by atoms with E-state index in [0.29, 0.717) is 65.2 Å². The number of hydrogen-bond donors (Lipinski definition) is 1. The molecular formula is C21H25NO5S2. The summed E-state index contributed by atoms with van der Waals surface area (Å²) in [5, 5.41) is 0. The van der Waals surface area contributed by atoms with Crippen molar-refractivity contribution >= 4 is 19.9 Å². The summed E-state index contributed by atoms with van der Waals surface area (Å²) >= 11 is 0. The van der Waals surface area contributed by atoms with Gasteiger partial charge in [0.25, 0.3) is 0 Å². The summed E-state index contributed by atoms with van der Waals surface area (Å²) in [5.74, 6) is 0. The molecule has 0 atom stereocenters. The Morgan fingerprint density at radius 2 is 1.66 bits per heavy atom. The second-order valence-electron chi connectivity index (χ2n) is 7.81. The first-order chi connectivity index (χ1) is 13.6. The van der Waals surface area contributed by atoms with Crippen LogP contribution in [0.25, 0.3) is 0 Å². The molecule has 0 radical (unpaired) electrons. The summed E-state index contributed by atoms with van der Waals surface area (Å²) < 4.78 is 61.3. The largest absolute Gasteiger partial charge is 0.381 e. The lowest BCUT2D eigenvalue weighted by Gasteiger charge is -2.28. The number of sulfone groups is 1. The quantitative estimate of drug-likeness (QED) is 0.683. The first-order valence-corrected chi connectivity index (χ1v) is 12.7. The van der Waals surface area contributed by atoms with Gasteiger partial charge in [-0.1, -0.05) is 18.2 Å². The highest BCUT2D eigenvalue weighted by atomic mass is 32.2. The van der Waals surface area contributed by atoms with Gasteiger partial charge in [0.15, 0.2) is 0 Å². The molecule has 156 valence electrons. The van der Waals surface area contributed by atoms with Crippen LogP contribution in [0.15, 0.2) is 39.0 Å². The maximum absolute atomic E-state index is 13.3. The van der Waals surface area contributed by atoms with Crippen molar-refractivity contribution in [2.75, 3.05) is 13.2 Å². The molecule has 29 heavy (non-hydrogen) atoms. The van der Waals surface area contributed by atoms with Gasteiger partial charge in [0.2, 0.25) is 19.9 Å². The third-order valence-electron chi connectivity index (χ3n) is 6.02. The van der Waals surface area contributed by atoms with Gasteiger partial charge in [-0.2, -0.15) is 0 Å². The number of fused-ring (bicyclic) bond motifs is 2. The van der Waals surface area contributed by atoms with Gasteiger partial charge < -0.3 is 4.74 Å². The van der Waals surface area contributed by atoms with Crippen LogP contribution in [-0.2, 0) is 31.0 Å². The molecule has 1 N–H and O–H groups in total. The summed E-state index contributed by atoms with van der Waals surface area (Å²) in [5.41, 5.74) is 2.79. The average molecular weight is 436 g/mol. The van der Waals surface area contributed by atoms with Crippen molar-refractivity contribution in [1.29, 1.82) is 0 Å². The van der Waals surface area contributed by atoms with Crippen molar-refractivity contribution < 1.29 is 21.6 Å². The molecule has 0 aliphatic carbocycles. The molecule has 1 saturated heterocycles. The number of ether oxygens (including phenoxy) is 1. The minimum Gasteiger partial charge on any atom is -0.381 e. The van der Waals surface area contributed by atoms with Crippen LogP contribution in [0.5, 0.6) is 0 Å². The second kappa shape index (κ2) is 7.19. The lowest BCUT2D eigenvalue weighted by Crippen LogP contribution is -2.39. The molecule has 0 aromatic heterocycles. The minimum atomic E-state index is -3.79. The highest BCUT2D eigenvalue weighted by Gasteiger charge is 2.36. The Morgan fingerprint density at radius 1 is 1.00 bits per heavy atom. The van der Waals surface area contributed by atoms with Crippen LogP contribution in [0.1, 0.15) is 40.7 Å². The van der Waals surface area contributed by atoms with Crippen LogP contribution >= 0.6 is 0 Å². The molecule has 0 spiro atoms. The number of benzene rings is 2. The van der Waals surface area contributed by atoms with Crippen molar-refractivity contribution in [2.24, 2.45) is 0 Å². The third kappa shape index (κ3) is 3.32. The van der Waals surface area contributed by atoms with Crippen LogP contribution in [0.2, 0.25) is 0 Å². The number of rotatable bonds is 3. The number of hydrogen-bond acceptors (Lipinski definition) is 5. The predicted molar refractivity (Wildman–Crippen MR) is 110 cm³/mol. The molecule has 2 aromatic rings. The molecule has 8 heteroatoms. The fourth-order valence-corrected chi connectivity index (χ4v) is 8.39. The number of sulfonamides is 1. The van der Waals surface area contributed by atoms with Gasteiger partial charge in [0.05, 0.1) is 14.7 Å². The zero-order valence-electron chi connectivity index (χ0n) is 16.8. The Bertz CT molecular complexity index is 1190. The SMILES string of the molecule is Cc1c(C)c2c(c(C)c1S(=O)(=O)NC1CCOCC1)Cc1ccccc1S2(=O)=O. The van der Waals surface area contributed by atoms with E-state index in [4.69, 9.17) is 4.74 Å². The molecule has 0 saturated carbocycles. The Morgan fingerprint density at radius 3 is 2.34 bits per heavy atom. The van der Waals surface area contributed by atoms with E-state index in [1.807, 2.05) is 0 Å². The van der Waals surface area contributed by atoms with E-state index in [2.05, 4.69) is 4.72 Å². The van der Waals surface area contributed by atoms with Crippen molar-refractivity contribution in [3.05, 3.63) is 52.1 Å². The van der Waals surface area contributed by atoms with Crippen molar-refractivity contribution in [2.45, 2.75) is 60.8 Å². The molecular weight excluding hydrogens is 410 g/mol. The van der Waals surface area contributed by atoms with E-state index in [9.17, 15) is 16.8 Å². The molecule has 0 unspecified atom stereocenters. The van der Waals surface area contributed by atoms with E-state index in [-0.39, 0.29) is 15.8 Å². The fraction of sp³-hybridized carbons (Fsp3) is 0.429. The summed E-state index contributed by atoms with van der Waals surface area (Å²) in [4.78, 5) is 0.774. The molecule has 4 rings (SSSR count). The third-order valence-corrected chi connectivity index (χ3v) is 9.88. The van der Waals surface area contributed by atoms with Crippen LogP contribution in [0.3, 0.4) is 0 Å². The molecule has 2 aliphatic heterocycles. The first kappa shape index (κ1) is 20.5. The van der Waals surface area contributed by atoms with E-state index in [0.717, 1.165) is 0 Å². The minimum absolute atomic E-state index is 0.173. The Hall–Kier alpha value is -1.74. The van der Waals surface area contributed by atoms with Crippen molar-refractivity contribution in [3.8, 4) is 0 Å². The van der Waals surface area contributed by atoms with Gasteiger partial charge >= 0.3 is 0 Å². The molecule has 1 fully saturated rings. The smallest absolute Gasteiger partial charge is 0.241 e. The fourth-order valence-electron chi connectivity index (χ4n) is 4.44. The lowest BCUT2D eigenvalue weighted by atomic mass is 9.95. The van der Waals surface area contributed by atoms with Crippen LogP contribution in [0, 0.1) is 20.8 Å². The van der Waals surface area contributed by atoms with Crippen LogP contribution in [-0.4, -0.2) is 36.1 Å². The van der Waals surface area contributed by atoms with E-state index >= 15 is 0 Å². The van der Waals surface area contributed by atoms with E-state index < -0.39 is 19.9 Å². The molecule has 2 heterocycles. The Kier molecular flexibility index (Phi) is 5.09. The second-order valence-corrected chi connectivity index (χ2v) is 11.3. The zero-order chi connectivity index (χ0) is 21.0. The monoisotopic (exact) mass is 435 g/mol. The van der Waals surface area contributed by atoms with Crippen molar-refractivity contribution in [3.63, 3.8) is 0 Å². The Balaban J connectivity index is 1.89. The molecule has 2 aromatic carbocycles. The Labute approximate surface area is 172 Å². The maximum Gasteiger partial charge on any atom is 0.241 e. The summed E-state index contributed by atoms with van der Waals surface area (Å²) in [6.45, 7) is 6.17. The summed E-state index contributed by atoms with van der Waals surface area (Å²) in [6.07, 6.45) is 1.66. The topological polar surface area (TPSA) is 89.5 Å². The maximum atomic E-state index is 13.3. The van der Waals surface area contributed by atoms with Crippen LogP contribution < -0.4 is 4.72 Å².